The third-order valence-electron chi connectivity index (χ3n) is 3.69. The molecule has 0 spiro atoms. The van der Waals surface area contributed by atoms with Crippen LogP contribution in [0.2, 0.25) is 0 Å². The summed E-state index contributed by atoms with van der Waals surface area (Å²) in [6.45, 7) is 7.41. The highest BCUT2D eigenvalue weighted by atomic mass is 19.1. The Kier molecular flexibility index (Phi) is 3.98. The summed E-state index contributed by atoms with van der Waals surface area (Å²) < 4.78 is 14.1. The number of halogens is 1. The van der Waals surface area contributed by atoms with Crippen LogP contribution in [0.25, 0.3) is 0 Å². The molecule has 0 aliphatic carbocycles. The van der Waals surface area contributed by atoms with Crippen molar-refractivity contribution < 1.29 is 9.50 Å². The van der Waals surface area contributed by atoms with Crippen LogP contribution in [0.1, 0.15) is 38.3 Å². The van der Waals surface area contributed by atoms with Gasteiger partial charge in [-0.25, -0.2) is 4.39 Å². The second-order valence-electron chi connectivity index (χ2n) is 6.78. The SMILES string of the molecule is CC(C)(C)Cc1cccc(C2(O)CCNCC2F)c1. The van der Waals surface area contributed by atoms with Crippen molar-refractivity contribution in [3.63, 3.8) is 0 Å². The van der Waals surface area contributed by atoms with E-state index in [1.54, 1.807) is 0 Å². The van der Waals surface area contributed by atoms with Crippen molar-refractivity contribution in [3.05, 3.63) is 35.4 Å². The molecule has 0 aromatic heterocycles. The van der Waals surface area contributed by atoms with E-state index in [4.69, 9.17) is 0 Å². The van der Waals surface area contributed by atoms with E-state index < -0.39 is 11.8 Å². The monoisotopic (exact) mass is 265 g/mol. The summed E-state index contributed by atoms with van der Waals surface area (Å²) in [6, 6.07) is 7.77. The number of nitrogens with one attached hydrogen (secondary N) is 1. The van der Waals surface area contributed by atoms with Gasteiger partial charge in [0.15, 0.2) is 0 Å². The number of hydrogen-bond donors (Lipinski definition) is 2. The topological polar surface area (TPSA) is 32.3 Å². The molecule has 1 saturated heterocycles. The first-order valence-electron chi connectivity index (χ1n) is 6.98. The minimum absolute atomic E-state index is 0.185. The number of hydrogen-bond acceptors (Lipinski definition) is 2. The van der Waals surface area contributed by atoms with E-state index in [1.165, 1.54) is 0 Å². The van der Waals surface area contributed by atoms with Gasteiger partial charge in [0.2, 0.25) is 0 Å². The molecule has 1 aromatic carbocycles. The highest BCUT2D eigenvalue weighted by Crippen LogP contribution is 2.34. The van der Waals surface area contributed by atoms with Gasteiger partial charge in [0, 0.05) is 6.54 Å². The lowest BCUT2D eigenvalue weighted by atomic mass is 9.81. The Balaban J connectivity index is 2.27. The van der Waals surface area contributed by atoms with E-state index in [1.807, 2.05) is 24.3 Å². The highest BCUT2D eigenvalue weighted by molar-refractivity contribution is 5.30. The van der Waals surface area contributed by atoms with Gasteiger partial charge in [-0.1, -0.05) is 45.0 Å². The molecule has 1 heterocycles. The van der Waals surface area contributed by atoms with Crippen LogP contribution in [0.5, 0.6) is 0 Å². The van der Waals surface area contributed by atoms with E-state index >= 15 is 0 Å². The predicted molar refractivity (Wildman–Crippen MR) is 75.9 cm³/mol. The van der Waals surface area contributed by atoms with Crippen LogP contribution in [0.15, 0.2) is 24.3 Å². The minimum atomic E-state index is -1.33. The number of aliphatic hydroxyl groups is 1. The zero-order valence-corrected chi connectivity index (χ0v) is 12.0. The lowest BCUT2D eigenvalue weighted by molar-refractivity contribution is -0.0608. The van der Waals surface area contributed by atoms with Gasteiger partial charge in [-0.2, -0.15) is 0 Å². The molecule has 3 heteroatoms. The third-order valence-corrected chi connectivity index (χ3v) is 3.69. The Bertz CT molecular complexity index is 441. The summed E-state index contributed by atoms with van der Waals surface area (Å²) >= 11 is 0. The molecule has 19 heavy (non-hydrogen) atoms. The predicted octanol–water partition coefficient (Wildman–Crippen LogP) is 2.79. The fourth-order valence-corrected chi connectivity index (χ4v) is 2.72. The Hall–Kier alpha value is -0.930. The van der Waals surface area contributed by atoms with Crippen molar-refractivity contribution >= 4 is 0 Å². The molecular formula is C16H24FNO. The average Bonchev–Trinajstić information content (AvgIpc) is 2.31. The van der Waals surface area contributed by atoms with Crippen molar-refractivity contribution in [2.24, 2.45) is 5.41 Å². The quantitative estimate of drug-likeness (QED) is 0.862. The number of alkyl halides is 1. The smallest absolute Gasteiger partial charge is 0.145 e. The molecule has 2 atom stereocenters. The largest absolute Gasteiger partial charge is 0.382 e. The van der Waals surface area contributed by atoms with Crippen molar-refractivity contribution in [1.29, 1.82) is 0 Å². The van der Waals surface area contributed by atoms with Crippen LogP contribution in [-0.4, -0.2) is 24.4 Å². The maximum absolute atomic E-state index is 14.1. The van der Waals surface area contributed by atoms with E-state index in [9.17, 15) is 9.50 Å². The molecular weight excluding hydrogens is 241 g/mol. The molecule has 106 valence electrons. The van der Waals surface area contributed by atoms with Gasteiger partial charge in [0.05, 0.1) is 0 Å². The molecule has 0 radical (unpaired) electrons. The van der Waals surface area contributed by atoms with E-state index in [2.05, 4.69) is 26.1 Å². The van der Waals surface area contributed by atoms with Crippen LogP contribution in [0.3, 0.4) is 0 Å². The minimum Gasteiger partial charge on any atom is -0.382 e. The summed E-state index contributed by atoms with van der Waals surface area (Å²) in [5.41, 5.74) is 0.719. The Morgan fingerprint density at radius 1 is 1.42 bits per heavy atom. The maximum atomic E-state index is 14.1. The lowest BCUT2D eigenvalue weighted by Crippen LogP contribution is -2.49. The molecule has 0 bridgehead atoms. The van der Waals surface area contributed by atoms with Crippen LogP contribution in [0.4, 0.5) is 4.39 Å². The van der Waals surface area contributed by atoms with Crippen molar-refractivity contribution in [1.82, 2.24) is 5.32 Å². The first-order valence-corrected chi connectivity index (χ1v) is 6.98. The summed E-state index contributed by atoms with van der Waals surface area (Å²) in [6.07, 6.45) is 0.102. The van der Waals surface area contributed by atoms with Gasteiger partial charge >= 0.3 is 0 Å². The molecule has 2 nitrogen and oxygen atoms in total. The summed E-state index contributed by atoms with van der Waals surface area (Å²) in [5, 5.41) is 13.6. The summed E-state index contributed by atoms with van der Waals surface area (Å²) in [7, 11) is 0. The van der Waals surface area contributed by atoms with Crippen molar-refractivity contribution in [2.45, 2.75) is 45.4 Å². The summed E-state index contributed by atoms with van der Waals surface area (Å²) in [5.74, 6) is 0. The Morgan fingerprint density at radius 2 is 2.16 bits per heavy atom. The normalized spacial score (nSPS) is 28.4. The van der Waals surface area contributed by atoms with Gasteiger partial charge in [-0.3, -0.25) is 0 Å². The molecule has 0 saturated carbocycles. The second kappa shape index (κ2) is 5.22. The fraction of sp³-hybridized carbons (Fsp3) is 0.625. The lowest BCUT2D eigenvalue weighted by Gasteiger charge is -2.36. The number of piperidine rings is 1. The first-order chi connectivity index (χ1) is 8.81. The first kappa shape index (κ1) is 14.5. The third kappa shape index (κ3) is 3.34. The van der Waals surface area contributed by atoms with Crippen molar-refractivity contribution in [2.75, 3.05) is 13.1 Å². The second-order valence-corrected chi connectivity index (χ2v) is 6.78. The molecule has 2 N–H and O–H groups in total. The molecule has 1 fully saturated rings. The average molecular weight is 265 g/mol. The maximum Gasteiger partial charge on any atom is 0.145 e. The fourth-order valence-electron chi connectivity index (χ4n) is 2.72. The summed E-state index contributed by atoms with van der Waals surface area (Å²) in [4.78, 5) is 0. The zero-order chi connectivity index (χ0) is 14.1. The van der Waals surface area contributed by atoms with Crippen molar-refractivity contribution in [3.8, 4) is 0 Å². The van der Waals surface area contributed by atoms with Gasteiger partial charge in [-0.15, -0.1) is 0 Å². The molecule has 1 aliphatic heterocycles. The highest BCUT2D eigenvalue weighted by Gasteiger charge is 2.41. The Morgan fingerprint density at radius 3 is 2.79 bits per heavy atom. The van der Waals surface area contributed by atoms with Crippen LogP contribution in [0, 0.1) is 5.41 Å². The van der Waals surface area contributed by atoms with Crippen LogP contribution in [-0.2, 0) is 12.0 Å². The van der Waals surface area contributed by atoms with E-state index in [0.717, 1.165) is 12.0 Å². The molecule has 0 amide bonds. The van der Waals surface area contributed by atoms with Crippen LogP contribution >= 0.6 is 0 Å². The van der Waals surface area contributed by atoms with Crippen LogP contribution < -0.4 is 5.32 Å². The van der Waals surface area contributed by atoms with Gasteiger partial charge in [-0.05, 0) is 35.9 Å². The standard InChI is InChI=1S/C16H24FNO/c1-15(2,3)10-12-5-4-6-13(9-12)16(19)7-8-18-11-14(16)17/h4-6,9,14,18-19H,7-8,10-11H2,1-3H3. The molecule has 2 unspecified atom stereocenters. The Labute approximate surface area is 115 Å². The zero-order valence-electron chi connectivity index (χ0n) is 12.0. The van der Waals surface area contributed by atoms with E-state index in [0.29, 0.717) is 18.5 Å². The van der Waals surface area contributed by atoms with Gasteiger partial charge in [0.25, 0.3) is 0 Å². The van der Waals surface area contributed by atoms with Gasteiger partial charge in [0.1, 0.15) is 11.8 Å². The molecule has 2 rings (SSSR count). The number of benzene rings is 1. The number of rotatable bonds is 2. The molecule has 1 aliphatic rings. The van der Waals surface area contributed by atoms with Gasteiger partial charge < -0.3 is 10.4 Å². The molecule has 1 aromatic rings. The van der Waals surface area contributed by atoms with E-state index in [-0.39, 0.29) is 12.0 Å².